The van der Waals surface area contributed by atoms with Crippen LogP contribution in [-0.4, -0.2) is 44.8 Å². The Hall–Kier alpha value is -2.71. The lowest BCUT2D eigenvalue weighted by Gasteiger charge is -2.26. The zero-order valence-corrected chi connectivity index (χ0v) is 17.1. The van der Waals surface area contributed by atoms with E-state index in [1.807, 2.05) is 0 Å². The molecule has 3 rings (SSSR count). The average molecular weight is 416 g/mol. The Morgan fingerprint density at radius 2 is 1.66 bits per heavy atom. The third-order valence-electron chi connectivity index (χ3n) is 4.89. The lowest BCUT2D eigenvalue weighted by Crippen LogP contribution is -2.37. The van der Waals surface area contributed by atoms with Gasteiger partial charge in [0.15, 0.2) is 0 Å². The van der Waals surface area contributed by atoms with Gasteiger partial charge >= 0.3 is 5.97 Å². The molecule has 1 amide bonds. The van der Waals surface area contributed by atoms with E-state index in [1.165, 1.54) is 23.5 Å². The van der Waals surface area contributed by atoms with Gasteiger partial charge in [0.1, 0.15) is 0 Å². The molecule has 1 heterocycles. The number of hydrogen-bond donors (Lipinski definition) is 1. The Balaban J connectivity index is 1.74. The van der Waals surface area contributed by atoms with E-state index in [4.69, 9.17) is 0 Å². The zero-order valence-electron chi connectivity index (χ0n) is 16.3. The summed E-state index contributed by atoms with van der Waals surface area (Å²) in [6.07, 6.45) is 2.67. The van der Waals surface area contributed by atoms with Crippen molar-refractivity contribution in [2.24, 2.45) is 0 Å². The summed E-state index contributed by atoms with van der Waals surface area (Å²) in [5.41, 5.74) is 1.33. The van der Waals surface area contributed by atoms with E-state index in [1.54, 1.807) is 36.4 Å². The van der Waals surface area contributed by atoms with Gasteiger partial charge in [0.2, 0.25) is 10.0 Å². The van der Waals surface area contributed by atoms with Gasteiger partial charge in [-0.05, 0) is 42.7 Å². The lowest BCUT2D eigenvalue weighted by atomic mass is 10.1. The van der Waals surface area contributed by atoms with Gasteiger partial charge in [-0.25, -0.2) is 13.2 Å². The van der Waals surface area contributed by atoms with Crippen molar-refractivity contribution in [2.75, 3.05) is 20.2 Å². The van der Waals surface area contributed by atoms with E-state index in [-0.39, 0.29) is 17.0 Å². The highest BCUT2D eigenvalue weighted by Gasteiger charge is 2.29. The smallest absolute Gasteiger partial charge is 0.337 e. The highest BCUT2D eigenvalue weighted by molar-refractivity contribution is 7.89. The maximum Gasteiger partial charge on any atom is 0.337 e. The van der Waals surface area contributed by atoms with Crippen LogP contribution in [0, 0.1) is 0 Å². The van der Waals surface area contributed by atoms with Crippen molar-refractivity contribution in [2.45, 2.75) is 30.7 Å². The number of rotatable bonds is 6. The molecule has 0 spiro atoms. The molecular formula is C21H24N2O5S. The van der Waals surface area contributed by atoms with Gasteiger partial charge < -0.3 is 10.1 Å². The molecule has 1 saturated heterocycles. The summed E-state index contributed by atoms with van der Waals surface area (Å²) in [4.78, 5) is 24.2. The fourth-order valence-electron chi connectivity index (χ4n) is 3.28. The summed E-state index contributed by atoms with van der Waals surface area (Å²) in [7, 11) is -2.41. The van der Waals surface area contributed by atoms with Crippen LogP contribution >= 0.6 is 0 Å². The second-order valence-corrected chi connectivity index (χ2v) is 8.74. The number of esters is 1. The van der Waals surface area contributed by atoms with E-state index in [9.17, 15) is 18.0 Å². The van der Waals surface area contributed by atoms with E-state index in [0.717, 1.165) is 24.8 Å². The third-order valence-corrected chi connectivity index (χ3v) is 6.85. The molecule has 2 aromatic rings. The molecule has 29 heavy (non-hydrogen) atoms. The highest BCUT2D eigenvalue weighted by Crippen LogP contribution is 2.23. The minimum atomic E-state index is -3.72. The molecule has 0 aromatic heterocycles. The van der Waals surface area contributed by atoms with E-state index in [2.05, 4.69) is 10.1 Å². The van der Waals surface area contributed by atoms with Gasteiger partial charge in [-0.1, -0.05) is 30.7 Å². The molecular weight excluding hydrogens is 392 g/mol. The predicted molar refractivity (Wildman–Crippen MR) is 108 cm³/mol. The molecule has 0 bridgehead atoms. The van der Waals surface area contributed by atoms with Crippen molar-refractivity contribution in [3.63, 3.8) is 0 Å². The molecule has 0 unspecified atom stereocenters. The lowest BCUT2D eigenvalue weighted by molar-refractivity contribution is 0.0600. The fraction of sp³-hybridized carbons (Fsp3) is 0.333. The number of nitrogens with one attached hydrogen (secondary N) is 1. The van der Waals surface area contributed by atoms with E-state index in [0.29, 0.717) is 18.7 Å². The van der Waals surface area contributed by atoms with E-state index < -0.39 is 21.9 Å². The molecule has 0 saturated carbocycles. The quantitative estimate of drug-likeness (QED) is 0.731. The maximum absolute atomic E-state index is 13.0. The number of piperidine rings is 1. The summed E-state index contributed by atoms with van der Waals surface area (Å²) in [6.45, 7) is 1.16. The molecule has 0 aliphatic carbocycles. The zero-order chi connectivity index (χ0) is 20.9. The second kappa shape index (κ2) is 9.19. The number of benzene rings is 2. The van der Waals surface area contributed by atoms with Crippen LogP contribution in [0.2, 0.25) is 0 Å². The Labute approximate surface area is 170 Å². The third kappa shape index (κ3) is 4.83. The minimum Gasteiger partial charge on any atom is -0.465 e. The topological polar surface area (TPSA) is 92.8 Å². The molecule has 8 heteroatoms. The van der Waals surface area contributed by atoms with Crippen molar-refractivity contribution in [1.82, 2.24) is 9.62 Å². The van der Waals surface area contributed by atoms with Gasteiger partial charge in [-0.3, -0.25) is 4.79 Å². The summed E-state index contributed by atoms with van der Waals surface area (Å²) in [5.74, 6) is -0.893. The molecule has 154 valence electrons. The Morgan fingerprint density at radius 3 is 2.31 bits per heavy atom. The normalized spacial score (nSPS) is 14.9. The van der Waals surface area contributed by atoms with Crippen LogP contribution in [0.15, 0.2) is 53.4 Å². The van der Waals surface area contributed by atoms with Gasteiger partial charge in [0, 0.05) is 19.6 Å². The van der Waals surface area contributed by atoms with Crippen LogP contribution in [0.25, 0.3) is 0 Å². The van der Waals surface area contributed by atoms with Gasteiger partial charge in [-0.2, -0.15) is 4.31 Å². The summed E-state index contributed by atoms with van der Waals surface area (Å²) >= 11 is 0. The number of carbonyl (C=O) groups is 2. The van der Waals surface area contributed by atoms with Crippen LogP contribution in [0.5, 0.6) is 0 Å². The van der Waals surface area contributed by atoms with Crippen molar-refractivity contribution < 1.29 is 22.7 Å². The predicted octanol–water partition coefficient (Wildman–Crippen LogP) is 2.58. The minimum absolute atomic E-state index is 0.0282. The number of amides is 1. The summed E-state index contributed by atoms with van der Waals surface area (Å²) in [6, 6.07) is 12.9. The Bertz CT molecular complexity index is 980. The highest BCUT2D eigenvalue weighted by atomic mass is 32.2. The van der Waals surface area contributed by atoms with Gasteiger partial charge in [0.25, 0.3) is 5.91 Å². The first-order chi connectivity index (χ1) is 13.9. The number of nitrogens with zero attached hydrogens (tertiary/aromatic N) is 1. The molecule has 7 nitrogen and oxygen atoms in total. The molecule has 0 radical (unpaired) electrons. The molecule has 1 N–H and O–H groups in total. The largest absolute Gasteiger partial charge is 0.465 e. The molecule has 0 atom stereocenters. The Morgan fingerprint density at radius 1 is 1.00 bits per heavy atom. The first-order valence-electron chi connectivity index (χ1n) is 9.48. The molecule has 1 fully saturated rings. The van der Waals surface area contributed by atoms with Crippen LogP contribution in [0.1, 0.15) is 45.5 Å². The van der Waals surface area contributed by atoms with Gasteiger partial charge in [-0.15, -0.1) is 0 Å². The fourth-order valence-corrected chi connectivity index (χ4v) is 4.98. The number of hydrogen-bond acceptors (Lipinski definition) is 5. The first-order valence-corrected chi connectivity index (χ1v) is 10.9. The summed E-state index contributed by atoms with van der Waals surface area (Å²) in [5, 5.41) is 2.76. The molecule has 1 aliphatic heterocycles. The number of sulfonamides is 1. The van der Waals surface area contributed by atoms with Crippen molar-refractivity contribution >= 4 is 21.9 Å². The first kappa shape index (κ1) is 21.0. The average Bonchev–Trinajstić information content (AvgIpc) is 2.77. The number of carbonyl (C=O) groups excluding carboxylic acids is 2. The van der Waals surface area contributed by atoms with Crippen molar-refractivity contribution in [3.8, 4) is 0 Å². The van der Waals surface area contributed by atoms with Gasteiger partial charge in [0.05, 0.1) is 23.1 Å². The standard InChI is InChI=1S/C21H24N2O5S/c1-28-21(25)17-11-9-16(10-12-17)15-22-20(24)18-7-3-4-8-19(18)29(26,27)23-13-5-2-6-14-23/h3-4,7-12H,2,5-6,13-15H2,1H3,(H,22,24). The van der Waals surface area contributed by atoms with Crippen LogP contribution in [0.4, 0.5) is 0 Å². The molecule has 2 aromatic carbocycles. The van der Waals surface area contributed by atoms with Crippen LogP contribution in [-0.2, 0) is 21.3 Å². The second-order valence-electron chi connectivity index (χ2n) is 6.83. The summed E-state index contributed by atoms with van der Waals surface area (Å²) < 4.78 is 32.1. The van der Waals surface area contributed by atoms with Crippen LogP contribution in [0.3, 0.4) is 0 Å². The van der Waals surface area contributed by atoms with E-state index >= 15 is 0 Å². The van der Waals surface area contributed by atoms with Crippen LogP contribution < -0.4 is 5.32 Å². The maximum atomic E-state index is 13.0. The van der Waals surface area contributed by atoms with Crippen molar-refractivity contribution in [3.05, 3.63) is 65.2 Å². The number of methoxy groups -OCH3 is 1. The SMILES string of the molecule is COC(=O)c1ccc(CNC(=O)c2ccccc2S(=O)(=O)N2CCCCC2)cc1. The molecule has 1 aliphatic rings. The number of ether oxygens (including phenoxy) is 1. The monoisotopic (exact) mass is 416 g/mol. The van der Waals surface area contributed by atoms with Crippen molar-refractivity contribution in [1.29, 1.82) is 0 Å². The Kier molecular flexibility index (Phi) is 6.66.